The van der Waals surface area contributed by atoms with E-state index >= 15 is 0 Å². The molecule has 1 aliphatic heterocycles. The Labute approximate surface area is 169 Å². The number of amides is 1. The summed E-state index contributed by atoms with van der Waals surface area (Å²) in [7, 11) is 0. The first-order chi connectivity index (χ1) is 13.4. The van der Waals surface area contributed by atoms with Crippen molar-refractivity contribution in [3.8, 4) is 11.5 Å². The van der Waals surface area contributed by atoms with Gasteiger partial charge < -0.3 is 14.8 Å². The molecule has 3 rings (SSSR count). The zero-order chi connectivity index (χ0) is 20.1. The van der Waals surface area contributed by atoms with E-state index in [1.807, 2.05) is 32.0 Å². The summed E-state index contributed by atoms with van der Waals surface area (Å²) in [6.07, 6.45) is 3.86. The molecule has 28 heavy (non-hydrogen) atoms. The van der Waals surface area contributed by atoms with E-state index in [4.69, 9.17) is 21.1 Å². The summed E-state index contributed by atoms with van der Waals surface area (Å²) in [6, 6.07) is 9.88. The summed E-state index contributed by atoms with van der Waals surface area (Å²) in [4.78, 5) is 12.4. The monoisotopic (exact) mass is 403 g/mol. The Morgan fingerprint density at radius 2 is 1.89 bits per heavy atom. The van der Waals surface area contributed by atoms with Gasteiger partial charge >= 0.3 is 0 Å². The van der Waals surface area contributed by atoms with Crippen molar-refractivity contribution in [3.05, 3.63) is 64.4 Å². The molecular formula is C22H23ClFNO3. The van der Waals surface area contributed by atoms with Crippen LogP contribution < -0.4 is 14.8 Å². The highest BCUT2D eigenvalue weighted by molar-refractivity contribution is 6.30. The average molecular weight is 404 g/mol. The molecular weight excluding hydrogens is 381 g/mol. The van der Waals surface area contributed by atoms with E-state index in [0.29, 0.717) is 24.5 Å². The molecule has 0 radical (unpaired) electrons. The van der Waals surface area contributed by atoms with E-state index in [1.165, 1.54) is 18.2 Å². The summed E-state index contributed by atoms with van der Waals surface area (Å²) in [5.41, 5.74) is 1.60. The summed E-state index contributed by atoms with van der Waals surface area (Å²) < 4.78 is 24.7. The molecule has 6 heteroatoms. The number of hydrogen-bond acceptors (Lipinski definition) is 3. The minimum Gasteiger partial charge on any atom is -0.490 e. The molecule has 0 saturated carbocycles. The molecule has 0 bridgehead atoms. The zero-order valence-corrected chi connectivity index (χ0v) is 16.6. The second kappa shape index (κ2) is 9.11. The Morgan fingerprint density at radius 3 is 2.61 bits per heavy atom. The molecule has 0 spiro atoms. The van der Waals surface area contributed by atoms with Gasteiger partial charge in [0.25, 0.3) is 0 Å². The normalized spacial score (nSPS) is 14.8. The van der Waals surface area contributed by atoms with Gasteiger partial charge in [-0.05, 0) is 47.4 Å². The Bertz CT molecular complexity index is 882. The zero-order valence-electron chi connectivity index (χ0n) is 15.9. The number of fused-ring (bicyclic) bond motifs is 1. The standard InChI is InChI=1S/C22H23ClFNO3/c1-14(2)22(16-6-8-19-20(13-16)28-11-3-10-27-19)25-21(26)9-5-15-4-7-18(24)17(23)12-15/h4-9,12-14,22H,3,10-11H2,1-2H3,(H,25,26)/b9-5+. The summed E-state index contributed by atoms with van der Waals surface area (Å²) in [5, 5.41) is 3.05. The summed E-state index contributed by atoms with van der Waals surface area (Å²) in [6.45, 7) is 5.32. The topological polar surface area (TPSA) is 47.6 Å². The first-order valence-corrected chi connectivity index (χ1v) is 9.65. The van der Waals surface area contributed by atoms with Crippen LogP contribution in [-0.4, -0.2) is 19.1 Å². The third-order valence-corrected chi connectivity index (χ3v) is 4.76. The molecule has 148 valence electrons. The molecule has 1 unspecified atom stereocenters. The van der Waals surface area contributed by atoms with Crippen LogP contribution in [0, 0.1) is 11.7 Å². The lowest BCUT2D eigenvalue weighted by molar-refractivity contribution is -0.117. The van der Waals surface area contributed by atoms with E-state index in [9.17, 15) is 9.18 Å². The van der Waals surface area contributed by atoms with Crippen molar-refractivity contribution in [2.75, 3.05) is 13.2 Å². The maximum atomic E-state index is 13.2. The molecule has 1 aliphatic rings. The molecule has 0 fully saturated rings. The van der Waals surface area contributed by atoms with E-state index in [-0.39, 0.29) is 22.9 Å². The highest BCUT2D eigenvalue weighted by atomic mass is 35.5. The number of halogens is 2. The van der Waals surface area contributed by atoms with Gasteiger partial charge in [0.1, 0.15) is 5.82 Å². The Hall–Kier alpha value is -2.53. The number of ether oxygens (including phenoxy) is 2. The van der Waals surface area contributed by atoms with Gasteiger partial charge in [0.2, 0.25) is 5.91 Å². The van der Waals surface area contributed by atoms with Crippen molar-refractivity contribution >= 4 is 23.6 Å². The lowest BCUT2D eigenvalue weighted by Crippen LogP contribution is -2.30. The predicted octanol–water partition coefficient (Wildman–Crippen LogP) is 5.17. The predicted molar refractivity (Wildman–Crippen MR) is 108 cm³/mol. The maximum absolute atomic E-state index is 13.2. The van der Waals surface area contributed by atoms with Crippen molar-refractivity contribution in [1.82, 2.24) is 5.32 Å². The van der Waals surface area contributed by atoms with Crippen LogP contribution in [0.4, 0.5) is 4.39 Å². The molecule has 2 aromatic rings. The SMILES string of the molecule is CC(C)C(NC(=O)/C=C/c1ccc(F)c(Cl)c1)c1ccc2c(c1)OCCCO2. The maximum Gasteiger partial charge on any atom is 0.244 e. The molecule has 0 saturated heterocycles. The van der Waals surface area contributed by atoms with Gasteiger partial charge in [-0.3, -0.25) is 4.79 Å². The third kappa shape index (κ3) is 5.04. The van der Waals surface area contributed by atoms with Crippen LogP contribution in [0.1, 0.15) is 37.4 Å². The third-order valence-electron chi connectivity index (χ3n) is 4.47. The smallest absolute Gasteiger partial charge is 0.244 e. The number of carbonyl (C=O) groups excluding carboxylic acids is 1. The molecule has 2 aromatic carbocycles. The van der Waals surface area contributed by atoms with E-state index in [0.717, 1.165) is 17.7 Å². The molecule has 0 aromatic heterocycles. The molecule has 1 atom stereocenters. The van der Waals surface area contributed by atoms with Crippen molar-refractivity contribution in [2.24, 2.45) is 5.92 Å². The number of nitrogens with one attached hydrogen (secondary N) is 1. The van der Waals surface area contributed by atoms with Crippen LogP contribution in [0.3, 0.4) is 0 Å². The quantitative estimate of drug-likeness (QED) is 0.701. The van der Waals surface area contributed by atoms with Gasteiger partial charge in [0.15, 0.2) is 11.5 Å². The minimum absolute atomic E-state index is 0.0230. The van der Waals surface area contributed by atoms with Gasteiger partial charge in [-0.15, -0.1) is 0 Å². The fourth-order valence-corrected chi connectivity index (χ4v) is 3.19. The van der Waals surface area contributed by atoms with Crippen molar-refractivity contribution in [2.45, 2.75) is 26.3 Å². The van der Waals surface area contributed by atoms with E-state index in [1.54, 1.807) is 12.1 Å². The van der Waals surface area contributed by atoms with Gasteiger partial charge in [-0.25, -0.2) is 4.39 Å². The van der Waals surface area contributed by atoms with E-state index < -0.39 is 5.82 Å². The van der Waals surface area contributed by atoms with Gasteiger partial charge in [-0.1, -0.05) is 37.6 Å². The lowest BCUT2D eigenvalue weighted by atomic mass is 9.95. The minimum atomic E-state index is -0.488. The van der Waals surface area contributed by atoms with E-state index in [2.05, 4.69) is 5.32 Å². The fourth-order valence-electron chi connectivity index (χ4n) is 3.00. The Balaban J connectivity index is 1.74. The molecule has 1 heterocycles. The number of rotatable bonds is 5. The second-order valence-corrected chi connectivity index (χ2v) is 7.40. The fraction of sp³-hybridized carbons (Fsp3) is 0.318. The van der Waals surface area contributed by atoms with Crippen LogP contribution >= 0.6 is 11.6 Å². The first kappa shape index (κ1) is 20.2. The van der Waals surface area contributed by atoms with Crippen LogP contribution in [0.2, 0.25) is 5.02 Å². The van der Waals surface area contributed by atoms with Crippen LogP contribution in [0.25, 0.3) is 6.08 Å². The number of carbonyl (C=O) groups is 1. The summed E-state index contributed by atoms with van der Waals surface area (Å²) >= 11 is 5.77. The highest BCUT2D eigenvalue weighted by Crippen LogP contribution is 2.34. The Morgan fingerprint density at radius 1 is 1.14 bits per heavy atom. The van der Waals surface area contributed by atoms with Crippen molar-refractivity contribution in [1.29, 1.82) is 0 Å². The molecule has 1 N–H and O–H groups in total. The highest BCUT2D eigenvalue weighted by Gasteiger charge is 2.20. The van der Waals surface area contributed by atoms with Crippen LogP contribution in [-0.2, 0) is 4.79 Å². The second-order valence-electron chi connectivity index (χ2n) is 6.99. The molecule has 4 nitrogen and oxygen atoms in total. The number of hydrogen-bond donors (Lipinski definition) is 1. The van der Waals surface area contributed by atoms with Crippen LogP contribution in [0.15, 0.2) is 42.5 Å². The number of benzene rings is 2. The molecule has 0 aliphatic carbocycles. The average Bonchev–Trinajstić information content (AvgIpc) is 2.91. The van der Waals surface area contributed by atoms with Crippen molar-refractivity contribution < 1.29 is 18.7 Å². The largest absolute Gasteiger partial charge is 0.490 e. The van der Waals surface area contributed by atoms with Gasteiger partial charge in [0.05, 0.1) is 24.3 Å². The van der Waals surface area contributed by atoms with Gasteiger partial charge in [0, 0.05) is 12.5 Å². The summed E-state index contributed by atoms with van der Waals surface area (Å²) in [5.74, 6) is 0.862. The Kier molecular flexibility index (Phi) is 6.57. The van der Waals surface area contributed by atoms with Gasteiger partial charge in [-0.2, -0.15) is 0 Å². The molecule has 1 amide bonds. The first-order valence-electron chi connectivity index (χ1n) is 9.27. The van der Waals surface area contributed by atoms with Crippen molar-refractivity contribution in [3.63, 3.8) is 0 Å². The van der Waals surface area contributed by atoms with Crippen LogP contribution in [0.5, 0.6) is 11.5 Å². The lowest BCUT2D eigenvalue weighted by Gasteiger charge is -2.23.